The van der Waals surface area contributed by atoms with Gasteiger partial charge in [-0.05, 0) is 11.6 Å². The number of rotatable bonds is 2. The third-order valence-electron chi connectivity index (χ3n) is 4.28. The van der Waals surface area contributed by atoms with E-state index < -0.39 is 9.84 Å². The first-order valence-electron chi connectivity index (χ1n) is 7.66. The second-order valence-corrected chi connectivity index (χ2v) is 7.50. The lowest BCUT2D eigenvalue weighted by Crippen LogP contribution is -2.35. The smallest absolute Gasteiger partial charge is 0.209 e. The molecule has 2 aromatic rings. The maximum atomic E-state index is 13.1. The lowest BCUT2D eigenvalue weighted by molar-refractivity contribution is 0.0641. The number of hydrogen-bond acceptors (Lipinski definition) is 4. The predicted molar refractivity (Wildman–Crippen MR) is 89.3 cm³/mol. The number of hydrogen-bond donors (Lipinski definition) is 0. The second-order valence-electron chi connectivity index (χ2n) is 5.64. The molecule has 0 unspecified atom stereocenters. The van der Waals surface area contributed by atoms with Crippen LogP contribution in [0.1, 0.15) is 11.1 Å². The Bertz CT molecular complexity index is 866. The van der Waals surface area contributed by atoms with Crippen LogP contribution < -0.4 is 0 Å². The van der Waals surface area contributed by atoms with E-state index in [1.165, 1.54) is 0 Å². The van der Waals surface area contributed by atoms with Gasteiger partial charge in [0.25, 0.3) is 0 Å². The van der Waals surface area contributed by atoms with Crippen LogP contribution in [0.15, 0.2) is 59.5 Å². The lowest BCUT2D eigenvalue weighted by Gasteiger charge is -2.30. The molecule has 0 aromatic heterocycles. The first-order chi connectivity index (χ1) is 11.2. The first kappa shape index (κ1) is 14.5. The van der Waals surface area contributed by atoms with Gasteiger partial charge < -0.3 is 9.64 Å². The Balaban J connectivity index is 1.99. The molecule has 0 amide bonds. The molecule has 23 heavy (non-hydrogen) atoms. The van der Waals surface area contributed by atoms with Gasteiger partial charge in [-0.15, -0.1) is 0 Å². The molecule has 1 saturated heterocycles. The van der Waals surface area contributed by atoms with Gasteiger partial charge in [-0.1, -0.05) is 48.5 Å². The van der Waals surface area contributed by atoms with Gasteiger partial charge in [0.2, 0.25) is 9.84 Å². The van der Waals surface area contributed by atoms with Crippen LogP contribution in [0.5, 0.6) is 0 Å². The maximum Gasteiger partial charge on any atom is 0.209 e. The van der Waals surface area contributed by atoms with Crippen LogP contribution in [0.2, 0.25) is 0 Å². The standard InChI is InChI=1S/C18H17NO3S/c20-23(21)16-9-5-4-8-15(16)17(19-10-12-22-13-11-19)18(23)14-6-2-1-3-7-14/h1-9H,10-13H2. The van der Waals surface area contributed by atoms with Crippen molar-refractivity contribution in [3.8, 4) is 0 Å². The summed E-state index contributed by atoms with van der Waals surface area (Å²) in [5, 5.41) is 0. The Morgan fingerprint density at radius 1 is 0.870 bits per heavy atom. The highest BCUT2D eigenvalue weighted by molar-refractivity contribution is 8.01. The fourth-order valence-corrected chi connectivity index (χ4v) is 5.11. The zero-order valence-electron chi connectivity index (χ0n) is 12.6. The summed E-state index contributed by atoms with van der Waals surface area (Å²) in [6.07, 6.45) is 0. The molecule has 0 N–H and O–H groups in total. The Labute approximate surface area is 135 Å². The SMILES string of the molecule is O=S1(=O)C(c2ccccc2)=C(N2CCOCC2)c2ccccc21. The molecule has 2 aromatic carbocycles. The van der Waals surface area contributed by atoms with Crippen LogP contribution in [0.25, 0.3) is 10.6 Å². The number of sulfone groups is 1. The van der Waals surface area contributed by atoms with Crippen LogP contribution >= 0.6 is 0 Å². The summed E-state index contributed by atoms with van der Waals surface area (Å²) >= 11 is 0. The molecule has 2 aliphatic rings. The van der Waals surface area contributed by atoms with Gasteiger partial charge in [-0.3, -0.25) is 0 Å². The third kappa shape index (κ3) is 2.28. The van der Waals surface area contributed by atoms with Crippen molar-refractivity contribution >= 4 is 20.4 Å². The second kappa shape index (κ2) is 5.51. The largest absolute Gasteiger partial charge is 0.378 e. The van der Waals surface area contributed by atoms with Crippen molar-refractivity contribution in [1.29, 1.82) is 0 Å². The average molecular weight is 327 g/mol. The number of nitrogens with zero attached hydrogens (tertiary/aromatic N) is 1. The van der Waals surface area contributed by atoms with Crippen molar-refractivity contribution in [3.63, 3.8) is 0 Å². The highest BCUT2D eigenvalue weighted by atomic mass is 32.2. The average Bonchev–Trinajstić information content (AvgIpc) is 2.84. The van der Waals surface area contributed by atoms with Crippen molar-refractivity contribution in [2.24, 2.45) is 0 Å². The molecule has 0 radical (unpaired) electrons. The molecule has 2 heterocycles. The van der Waals surface area contributed by atoms with Crippen molar-refractivity contribution in [1.82, 2.24) is 4.90 Å². The molecule has 0 spiro atoms. The summed E-state index contributed by atoms with van der Waals surface area (Å²) in [5.41, 5.74) is 2.36. The highest BCUT2D eigenvalue weighted by Crippen LogP contribution is 2.45. The van der Waals surface area contributed by atoms with Gasteiger partial charge in [0.05, 0.1) is 23.8 Å². The van der Waals surface area contributed by atoms with Gasteiger partial charge in [-0.2, -0.15) is 0 Å². The number of fused-ring (bicyclic) bond motifs is 1. The monoisotopic (exact) mass is 327 g/mol. The first-order valence-corrected chi connectivity index (χ1v) is 9.15. The van der Waals surface area contributed by atoms with E-state index in [0.717, 1.165) is 16.8 Å². The summed E-state index contributed by atoms with van der Waals surface area (Å²) in [5.74, 6) is 0. The Kier molecular flexibility index (Phi) is 3.47. The molecule has 0 atom stereocenters. The molecular formula is C18H17NO3S. The van der Waals surface area contributed by atoms with E-state index in [0.29, 0.717) is 36.1 Å². The van der Waals surface area contributed by atoms with Gasteiger partial charge in [0.15, 0.2) is 0 Å². The van der Waals surface area contributed by atoms with Crippen LogP contribution in [0.4, 0.5) is 0 Å². The van der Waals surface area contributed by atoms with Crippen LogP contribution in [0, 0.1) is 0 Å². The van der Waals surface area contributed by atoms with E-state index in [-0.39, 0.29) is 0 Å². The van der Waals surface area contributed by atoms with Gasteiger partial charge in [0.1, 0.15) is 4.91 Å². The normalized spacial score (nSPS) is 19.7. The van der Waals surface area contributed by atoms with Crippen molar-refractivity contribution < 1.29 is 13.2 Å². The van der Waals surface area contributed by atoms with E-state index >= 15 is 0 Å². The fourth-order valence-electron chi connectivity index (χ4n) is 3.24. The number of benzene rings is 2. The molecule has 0 bridgehead atoms. The topological polar surface area (TPSA) is 46.6 Å². The zero-order valence-corrected chi connectivity index (χ0v) is 13.4. The maximum absolute atomic E-state index is 13.1. The quantitative estimate of drug-likeness (QED) is 0.851. The minimum atomic E-state index is -3.50. The van der Waals surface area contributed by atoms with Crippen LogP contribution in [0.3, 0.4) is 0 Å². The summed E-state index contributed by atoms with van der Waals surface area (Å²) < 4.78 is 31.7. The molecular weight excluding hydrogens is 310 g/mol. The Hall–Kier alpha value is -2.11. The summed E-state index contributed by atoms with van der Waals surface area (Å²) in [6, 6.07) is 16.6. The molecule has 1 fully saturated rings. The minimum Gasteiger partial charge on any atom is -0.378 e. The van der Waals surface area contributed by atoms with Gasteiger partial charge >= 0.3 is 0 Å². The van der Waals surface area contributed by atoms with Gasteiger partial charge in [0, 0.05) is 18.7 Å². The van der Waals surface area contributed by atoms with Gasteiger partial charge in [-0.25, -0.2) is 8.42 Å². The zero-order chi connectivity index (χ0) is 15.9. The molecule has 4 nitrogen and oxygen atoms in total. The van der Waals surface area contributed by atoms with E-state index in [9.17, 15) is 8.42 Å². The lowest BCUT2D eigenvalue weighted by atomic mass is 10.1. The number of morpholine rings is 1. The summed E-state index contributed by atoms with van der Waals surface area (Å²) in [7, 11) is -3.50. The van der Waals surface area contributed by atoms with E-state index in [1.807, 2.05) is 42.5 Å². The Morgan fingerprint density at radius 2 is 1.52 bits per heavy atom. The summed E-state index contributed by atoms with van der Waals surface area (Å²) in [6.45, 7) is 2.65. The summed E-state index contributed by atoms with van der Waals surface area (Å²) in [4.78, 5) is 2.96. The molecule has 0 aliphatic carbocycles. The van der Waals surface area contributed by atoms with Crippen LogP contribution in [-0.4, -0.2) is 39.6 Å². The number of ether oxygens (including phenoxy) is 1. The van der Waals surface area contributed by atoms with E-state index in [4.69, 9.17) is 4.74 Å². The molecule has 0 saturated carbocycles. The fraction of sp³-hybridized carbons (Fsp3) is 0.222. The Morgan fingerprint density at radius 3 is 2.26 bits per heavy atom. The molecule has 4 rings (SSSR count). The van der Waals surface area contributed by atoms with E-state index in [1.54, 1.807) is 12.1 Å². The van der Waals surface area contributed by atoms with Crippen molar-refractivity contribution in [2.75, 3.05) is 26.3 Å². The highest BCUT2D eigenvalue weighted by Gasteiger charge is 2.38. The van der Waals surface area contributed by atoms with Crippen LogP contribution in [-0.2, 0) is 14.6 Å². The van der Waals surface area contributed by atoms with Crippen molar-refractivity contribution in [3.05, 3.63) is 65.7 Å². The predicted octanol–water partition coefficient (Wildman–Crippen LogP) is 2.63. The minimum absolute atomic E-state index is 0.403. The molecule has 5 heteroatoms. The molecule has 2 aliphatic heterocycles. The third-order valence-corrected chi connectivity index (χ3v) is 6.18. The van der Waals surface area contributed by atoms with Crippen molar-refractivity contribution in [2.45, 2.75) is 4.90 Å². The van der Waals surface area contributed by atoms with E-state index in [2.05, 4.69) is 4.90 Å². The molecule has 118 valence electrons.